The molecule has 3 heterocycles. The third kappa shape index (κ3) is 5.60. The quantitative estimate of drug-likeness (QED) is 0.416. The van der Waals surface area contributed by atoms with E-state index in [-0.39, 0.29) is 0 Å². The van der Waals surface area contributed by atoms with Crippen molar-refractivity contribution in [2.24, 2.45) is 0 Å². The number of nitrogens with zero attached hydrogens (tertiary/aromatic N) is 4. The predicted molar refractivity (Wildman–Crippen MR) is 152 cm³/mol. The summed E-state index contributed by atoms with van der Waals surface area (Å²) in [5.41, 5.74) is 4.72. The summed E-state index contributed by atoms with van der Waals surface area (Å²) in [5.74, 6) is 6.83. The highest BCUT2D eigenvalue weighted by Gasteiger charge is 2.23. The number of nitrogens with one attached hydrogen (secondary N) is 2. The highest BCUT2D eigenvalue weighted by molar-refractivity contribution is 5.94. The summed E-state index contributed by atoms with van der Waals surface area (Å²) in [6, 6.07) is 16.2. The van der Waals surface area contributed by atoms with Crippen molar-refractivity contribution < 1.29 is 0 Å². The van der Waals surface area contributed by atoms with E-state index in [1.807, 2.05) is 26.0 Å². The average Bonchev–Trinajstić information content (AvgIpc) is 3.56. The summed E-state index contributed by atoms with van der Waals surface area (Å²) in [7, 11) is 2.21. The first-order valence-electron chi connectivity index (χ1n) is 13.6. The van der Waals surface area contributed by atoms with Gasteiger partial charge in [-0.3, -0.25) is 4.98 Å². The fourth-order valence-electron chi connectivity index (χ4n) is 5.61. The van der Waals surface area contributed by atoms with Crippen molar-refractivity contribution in [3.05, 3.63) is 54.0 Å². The average molecular weight is 495 g/mol. The Bertz CT molecular complexity index is 1320. The third-order valence-corrected chi connectivity index (χ3v) is 7.93. The molecular formula is C31H38N6. The molecule has 37 heavy (non-hydrogen) atoms. The van der Waals surface area contributed by atoms with E-state index < -0.39 is 5.41 Å². The van der Waals surface area contributed by atoms with Crippen molar-refractivity contribution in [2.45, 2.75) is 69.9 Å². The fourth-order valence-corrected chi connectivity index (χ4v) is 5.61. The topological polar surface area (TPSA) is 68.9 Å². The van der Waals surface area contributed by atoms with Gasteiger partial charge in [0.25, 0.3) is 0 Å². The summed E-state index contributed by atoms with van der Waals surface area (Å²) in [6.45, 7) is 6.59. The Morgan fingerprint density at radius 1 is 1.08 bits per heavy atom. The maximum atomic E-state index is 9.33. The molecule has 0 bridgehead atoms. The van der Waals surface area contributed by atoms with E-state index in [0.29, 0.717) is 18.6 Å². The van der Waals surface area contributed by atoms with Crippen LogP contribution in [0.15, 0.2) is 42.6 Å². The van der Waals surface area contributed by atoms with Crippen LogP contribution in [0, 0.1) is 23.2 Å². The zero-order chi connectivity index (χ0) is 25.8. The number of fused-ring (bicyclic) bond motifs is 1. The monoisotopic (exact) mass is 494 g/mol. The molecule has 1 aliphatic heterocycles. The molecular weight excluding hydrogens is 456 g/mol. The largest absolute Gasteiger partial charge is 0.382 e. The molecule has 0 atom stereocenters. The van der Waals surface area contributed by atoms with Crippen LogP contribution in [0.2, 0.25) is 0 Å². The number of anilines is 2. The molecule has 0 spiro atoms. The Balaban J connectivity index is 1.36. The number of likely N-dealkylation sites (tertiary alicyclic amines) is 1. The van der Waals surface area contributed by atoms with E-state index in [0.717, 1.165) is 30.2 Å². The molecule has 2 aromatic heterocycles. The van der Waals surface area contributed by atoms with E-state index in [2.05, 4.69) is 74.3 Å². The lowest BCUT2D eigenvalue weighted by atomic mass is 9.91. The van der Waals surface area contributed by atoms with Crippen molar-refractivity contribution in [1.82, 2.24) is 14.5 Å². The maximum absolute atomic E-state index is 9.33. The number of hydrogen-bond acceptors (Lipinski definition) is 5. The second-order valence-corrected chi connectivity index (χ2v) is 11.1. The van der Waals surface area contributed by atoms with E-state index in [1.165, 1.54) is 55.1 Å². The van der Waals surface area contributed by atoms with Gasteiger partial charge >= 0.3 is 0 Å². The molecule has 2 aliphatic rings. The molecule has 6 heteroatoms. The number of hydrogen-bond donors (Lipinski definition) is 2. The van der Waals surface area contributed by atoms with E-state index in [1.54, 1.807) is 6.20 Å². The molecule has 2 fully saturated rings. The minimum atomic E-state index is -0.590. The van der Waals surface area contributed by atoms with Crippen LogP contribution in [0.4, 0.5) is 11.4 Å². The van der Waals surface area contributed by atoms with Crippen LogP contribution < -0.4 is 10.6 Å². The minimum Gasteiger partial charge on any atom is -0.382 e. The van der Waals surface area contributed by atoms with Crippen LogP contribution in [0.3, 0.4) is 0 Å². The van der Waals surface area contributed by atoms with Crippen molar-refractivity contribution in [2.75, 3.05) is 37.3 Å². The lowest BCUT2D eigenvalue weighted by Crippen LogP contribution is -2.36. The summed E-state index contributed by atoms with van der Waals surface area (Å²) >= 11 is 0. The first-order chi connectivity index (χ1) is 17.9. The van der Waals surface area contributed by atoms with Crippen LogP contribution >= 0.6 is 0 Å². The molecule has 1 aliphatic carbocycles. The van der Waals surface area contributed by atoms with Gasteiger partial charge < -0.3 is 20.1 Å². The smallest absolute Gasteiger partial charge is 0.0937 e. The number of aromatic nitrogens is 2. The van der Waals surface area contributed by atoms with Gasteiger partial charge in [0, 0.05) is 23.2 Å². The third-order valence-electron chi connectivity index (χ3n) is 7.93. The number of pyridine rings is 1. The molecule has 5 rings (SSSR count). The van der Waals surface area contributed by atoms with Gasteiger partial charge in [0.15, 0.2) is 0 Å². The Kier molecular flexibility index (Phi) is 7.40. The van der Waals surface area contributed by atoms with Crippen LogP contribution in [0.1, 0.15) is 69.8 Å². The normalized spacial score (nSPS) is 17.4. The Labute approximate surface area is 221 Å². The Morgan fingerprint density at radius 2 is 1.86 bits per heavy atom. The van der Waals surface area contributed by atoms with E-state index in [9.17, 15) is 5.26 Å². The van der Waals surface area contributed by atoms with E-state index in [4.69, 9.17) is 0 Å². The van der Waals surface area contributed by atoms with Gasteiger partial charge in [-0.2, -0.15) is 5.26 Å². The fraction of sp³-hybridized carbons (Fsp3) is 0.484. The van der Waals surface area contributed by atoms with Crippen molar-refractivity contribution in [3.8, 4) is 17.9 Å². The van der Waals surface area contributed by atoms with Crippen LogP contribution in [-0.2, 0) is 5.41 Å². The SMILES string of the molecule is CN1CCC(Nc2cccc3c2cc(C#CCNc2ccc(C(C)(C)C#N)nc2)n3C2CCCC2)CC1. The first-order valence-corrected chi connectivity index (χ1v) is 13.6. The van der Waals surface area contributed by atoms with Gasteiger partial charge in [-0.15, -0.1) is 0 Å². The number of nitriles is 1. The predicted octanol–water partition coefficient (Wildman–Crippen LogP) is 5.92. The number of benzene rings is 1. The highest BCUT2D eigenvalue weighted by Crippen LogP contribution is 2.37. The molecule has 0 amide bonds. The zero-order valence-corrected chi connectivity index (χ0v) is 22.3. The lowest BCUT2D eigenvalue weighted by molar-refractivity contribution is 0.264. The van der Waals surface area contributed by atoms with Gasteiger partial charge in [0.2, 0.25) is 0 Å². The van der Waals surface area contributed by atoms with Crippen molar-refractivity contribution in [3.63, 3.8) is 0 Å². The zero-order valence-electron chi connectivity index (χ0n) is 22.3. The Hall–Kier alpha value is -3.48. The van der Waals surface area contributed by atoms with Crippen LogP contribution in [0.25, 0.3) is 10.9 Å². The lowest BCUT2D eigenvalue weighted by Gasteiger charge is -2.30. The van der Waals surface area contributed by atoms with Gasteiger partial charge in [-0.25, -0.2) is 0 Å². The molecule has 1 saturated heterocycles. The first kappa shape index (κ1) is 25.2. The summed E-state index contributed by atoms with van der Waals surface area (Å²) in [6.07, 6.45) is 9.17. The Morgan fingerprint density at radius 3 is 2.57 bits per heavy atom. The summed E-state index contributed by atoms with van der Waals surface area (Å²) in [4.78, 5) is 6.88. The molecule has 3 aromatic rings. The second kappa shape index (κ2) is 10.9. The molecule has 0 radical (unpaired) electrons. The molecule has 6 nitrogen and oxygen atoms in total. The molecule has 0 unspecified atom stereocenters. The number of rotatable bonds is 6. The summed E-state index contributed by atoms with van der Waals surface area (Å²) < 4.78 is 2.50. The van der Waals surface area contributed by atoms with Crippen LogP contribution in [-0.4, -0.2) is 47.2 Å². The van der Waals surface area contributed by atoms with Crippen molar-refractivity contribution in [1.29, 1.82) is 5.26 Å². The van der Waals surface area contributed by atoms with E-state index >= 15 is 0 Å². The number of piperidine rings is 1. The maximum Gasteiger partial charge on any atom is 0.0937 e. The highest BCUT2D eigenvalue weighted by atomic mass is 15.1. The minimum absolute atomic E-state index is 0.522. The molecule has 1 aromatic carbocycles. The second-order valence-electron chi connectivity index (χ2n) is 11.1. The van der Waals surface area contributed by atoms with Gasteiger partial charge in [0.05, 0.1) is 46.8 Å². The molecule has 2 N–H and O–H groups in total. The van der Waals surface area contributed by atoms with Gasteiger partial charge in [0.1, 0.15) is 0 Å². The summed E-state index contributed by atoms with van der Waals surface area (Å²) in [5, 5.41) is 17.8. The van der Waals surface area contributed by atoms with Crippen molar-refractivity contribution >= 4 is 22.3 Å². The van der Waals surface area contributed by atoms with Gasteiger partial charge in [-0.1, -0.05) is 24.8 Å². The van der Waals surface area contributed by atoms with Gasteiger partial charge in [-0.05, 0) is 95.9 Å². The van der Waals surface area contributed by atoms with Crippen LogP contribution in [0.5, 0.6) is 0 Å². The molecule has 192 valence electrons. The standard InChI is InChI=1S/C31H38N6/c1-31(2,22-32)30-14-13-24(21-34-30)33-17-7-10-26-20-27-28(35-23-15-18-36(3)19-16-23)11-6-12-29(27)37(26)25-8-4-5-9-25/h6,11-14,20-21,23,25,33,35H,4-5,8-9,15-19H2,1-3H3. The molecule has 1 saturated carbocycles.